The van der Waals surface area contributed by atoms with Gasteiger partial charge in [-0.1, -0.05) is 23.7 Å². The number of amides is 2. The van der Waals surface area contributed by atoms with Crippen LogP contribution in [0.1, 0.15) is 31.2 Å². The molecular weight excluding hydrogens is 318 g/mol. The number of rotatable bonds is 6. The molecule has 1 aromatic carbocycles. The number of likely N-dealkylation sites (tertiary alicyclic amines) is 1. The SMILES string of the molecule is C[N+](=O)[C@@H]1CCCN1C(=O)CCC(=O)NCc1ccc(Cl)cc1. The van der Waals surface area contributed by atoms with Crippen LogP contribution in [0.5, 0.6) is 0 Å². The van der Waals surface area contributed by atoms with Crippen LogP contribution >= 0.6 is 11.6 Å². The second-order valence-electron chi connectivity index (χ2n) is 5.66. The molecule has 0 unspecified atom stereocenters. The normalized spacial score (nSPS) is 17.1. The molecule has 0 spiro atoms. The summed E-state index contributed by atoms with van der Waals surface area (Å²) in [4.78, 5) is 37.0. The number of halogens is 1. The van der Waals surface area contributed by atoms with Crippen LogP contribution < -0.4 is 5.32 Å². The van der Waals surface area contributed by atoms with Crippen molar-refractivity contribution in [3.8, 4) is 0 Å². The zero-order valence-corrected chi connectivity index (χ0v) is 13.9. The lowest BCUT2D eigenvalue weighted by Crippen LogP contribution is -2.41. The van der Waals surface area contributed by atoms with Crippen molar-refractivity contribution in [1.29, 1.82) is 0 Å². The summed E-state index contributed by atoms with van der Waals surface area (Å²) in [5.41, 5.74) is 0.946. The molecule has 0 aromatic heterocycles. The van der Waals surface area contributed by atoms with Gasteiger partial charge in [-0.2, -0.15) is 0 Å². The molecule has 2 amide bonds. The van der Waals surface area contributed by atoms with E-state index in [2.05, 4.69) is 5.32 Å². The van der Waals surface area contributed by atoms with E-state index < -0.39 is 0 Å². The number of hydrogen-bond donors (Lipinski definition) is 1. The van der Waals surface area contributed by atoms with Crippen LogP contribution in [-0.4, -0.2) is 41.2 Å². The third-order valence-electron chi connectivity index (χ3n) is 3.93. The lowest BCUT2D eigenvalue weighted by atomic mass is 10.2. The van der Waals surface area contributed by atoms with E-state index in [1.54, 1.807) is 17.0 Å². The van der Waals surface area contributed by atoms with E-state index in [1.165, 1.54) is 7.05 Å². The molecule has 124 valence electrons. The molecule has 6 nitrogen and oxygen atoms in total. The summed E-state index contributed by atoms with van der Waals surface area (Å²) in [5.74, 6) is -0.323. The van der Waals surface area contributed by atoms with E-state index in [1.807, 2.05) is 12.1 Å². The van der Waals surface area contributed by atoms with E-state index in [4.69, 9.17) is 11.6 Å². The standard InChI is InChI=1S/C16H20ClN3O3/c1-19(23)15-3-2-10-20(15)16(22)9-8-14(21)18-11-12-4-6-13(17)7-5-12/h4-7,15H,2-3,8-11H2,1H3/p+1/t15-/m0/s1. The molecule has 1 heterocycles. The Morgan fingerprint density at radius 3 is 2.65 bits per heavy atom. The Morgan fingerprint density at radius 2 is 2.00 bits per heavy atom. The quantitative estimate of drug-likeness (QED) is 0.807. The van der Waals surface area contributed by atoms with Crippen LogP contribution in [0.25, 0.3) is 0 Å². The molecule has 1 atom stereocenters. The summed E-state index contributed by atoms with van der Waals surface area (Å²) in [6.07, 6.45) is 1.37. The first-order valence-electron chi connectivity index (χ1n) is 7.68. The van der Waals surface area contributed by atoms with E-state index in [0.29, 0.717) is 24.5 Å². The largest absolute Gasteiger partial charge is 0.352 e. The van der Waals surface area contributed by atoms with Crippen LogP contribution in [0, 0.1) is 4.91 Å². The minimum Gasteiger partial charge on any atom is -0.352 e. The highest BCUT2D eigenvalue weighted by Crippen LogP contribution is 2.18. The summed E-state index contributed by atoms with van der Waals surface area (Å²) >= 11 is 5.80. The number of carbonyl (C=O) groups excluding carboxylic acids is 2. The molecule has 23 heavy (non-hydrogen) atoms. The topological polar surface area (TPSA) is 69.5 Å². The van der Waals surface area contributed by atoms with Crippen molar-refractivity contribution >= 4 is 23.4 Å². The molecule has 1 N–H and O–H groups in total. The van der Waals surface area contributed by atoms with Gasteiger partial charge in [-0.15, -0.1) is 0 Å². The molecule has 0 bridgehead atoms. The fourth-order valence-electron chi connectivity index (χ4n) is 2.67. The van der Waals surface area contributed by atoms with Gasteiger partial charge >= 0.3 is 0 Å². The van der Waals surface area contributed by atoms with Gasteiger partial charge in [0.1, 0.15) is 0 Å². The van der Waals surface area contributed by atoms with Crippen molar-refractivity contribution < 1.29 is 14.3 Å². The smallest absolute Gasteiger partial charge is 0.278 e. The molecular formula is C16H21ClN3O3+. The Morgan fingerprint density at radius 1 is 1.30 bits per heavy atom. The summed E-state index contributed by atoms with van der Waals surface area (Å²) in [6.45, 7) is 0.988. The minimum absolute atomic E-state index is 0.122. The molecule has 0 radical (unpaired) electrons. The van der Waals surface area contributed by atoms with Crippen molar-refractivity contribution in [2.75, 3.05) is 13.6 Å². The Kier molecular flexibility index (Phi) is 6.10. The van der Waals surface area contributed by atoms with Crippen molar-refractivity contribution in [2.45, 2.75) is 38.4 Å². The van der Waals surface area contributed by atoms with Gasteiger partial charge in [0.25, 0.3) is 6.17 Å². The number of nitroso groups, excluding NO2 is 1. The van der Waals surface area contributed by atoms with Crippen LogP contribution in [0.3, 0.4) is 0 Å². The Bertz CT molecular complexity index is 589. The van der Waals surface area contributed by atoms with E-state index in [0.717, 1.165) is 16.7 Å². The fourth-order valence-corrected chi connectivity index (χ4v) is 2.80. The van der Waals surface area contributed by atoms with Crippen LogP contribution in [-0.2, 0) is 16.1 Å². The van der Waals surface area contributed by atoms with Gasteiger partial charge in [-0.3, -0.25) is 14.5 Å². The Labute approximate surface area is 140 Å². The first-order chi connectivity index (χ1) is 11.0. The molecule has 1 aromatic rings. The highest BCUT2D eigenvalue weighted by molar-refractivity contribution is 6.30. The summed E-state index contributed by atoms with van der Waals surface area (Å²) < 4.78 is 0.811. The fraction of sp³-hybridized carbons (Fsp3) is 0.500. The number of benzene rings is 1. The summed E-state index contributed by atoms with van der Waals surface area (Å²) in [5, 5.41) is 3.42. The van der Waals surface area contributed by atoms with Gasteiger partial charge in [0, 0.05) is 47.0 Å². The van der Waals surface area contributed by atoms with E-state index in [9.17, 15) is 14.5 Å². The van der Waals surface area contributed by atoms with Gasteiger partial charge in [0.2, 0.25) is 11.8 Å². The van der Waals surface area contributed by atoms with Gasteiger partial charge in [0.15, 0.2) is 7.05 Å². The number of nitrogens with one attached hydrogen (secondary N) is 1. The Hall–Kier alpha value is -1.95. The number of hydrogen-bond acceptors (Lipinski definition) is 3. The second-order valence-corrected chi connectivity index (χ2v) is 6.10. The first kappa shape index (κ1) is 17.4. The molecule has 0 aliphatic carbocycles. The van der Waals surface area contributed by atoms with Crippen LogP contribution in [0.2, 0.25) is 5.02 Å². The molecule has 1 aliphatic rings. The minimum atomic E-state index is -0.389. The monoisotopic (exact) mass is 338 g/mol. The average Bonchev–Trinajstić information content (AvgIpc) is 3.02. The summed E-state index contributed by atoms with van der Waals surface area (Å²) in [7, 11) is 1.43. The predicted octanol–water partition coefficient (Wildman–Crippen LogP) is 2.09. The zero-order valence-electron chi connectivity index (χ0n) is 13.1. The maximum Gasteiger partial charge on any atom is 0.278 e. The molecule has 1 fully saturated rings. The van der Waals surface area contributed by atoms with Crippen LogP contribution in [0.4, 0.5) is 0 Å². The third-order valence-corrected chi connectivity index (χ3v) is 4.18. The lowest BCUT2D eigenvalue weighted by Gasteiger charge is -2.17. The molecule has 0 saturated carbocycles. The third kappa shape index (κ3) is 5.03. The number of nitrogens with zero attached hydrogens (tertiary/aromatic N) is 2. The number of carbonyl (C=O) groups is 2. The first-order valence-corrected chi connectivity index (χ1v) is 8.06. The molecule has 2 rings (SSSR count). The highest BCUT2D eigenvalue weighted by atomic mass is 35.5. The van der Waals surface area contributed by atoms with Crippen LogP contribution in [0.15, 0.2) is 24.3 Å². The highest BCUT2D eigenvalue weighted by Gasteiger charge is 2.37. The van der Waals surface area contributed by atoms with Gasteiger partial charge in [-0.05, 0) is 24.1 Å². The van der Waals surface area contributed by atoms with Gasteiger partial charge < -0.3 is 5.32 Å². The average molecular weight is 339 g/mol. The van der Waals surface area contributed by atoms with Gasteiger partial charge in [-0.25, -0.2) is 0 Å². The Balaban J connectivity index is 1.74. The molecule has 7 heteroatoms. The van der Waals surface area contributed by atoms with Crippen molar-refractivity contribution in [2.24, 2.45) is 0 Å². The van der Waals surface area contributed by atoms with Crippen molar-refractivity contribution in [3.05, 3.63) is 39.8 Å². The maximum atomic E-state index is 12.1. The molecule has 1 saturated heterocycles. The van der Waals surface area contributed by atoms with Crippen molar-refractivity contribution in [3.63, 3.8) is 0 Å². The summed E-state index contributed by atoms with van der Waals surface area (Å²) in [6, 6.07) is 7.21. The van der Waals surface area contributed by atoms with E-state index in [-0.39, 0.29) is 30.8 Å². The van der Waals surface area contributed by atoms with Gasteiger partial charge in [0.05, 0.1) is 0 Å². The molecule has 1 aliphatic heterocycles. The van der Waals surface area contributed by atoms with E-state index >= 15 is 0 Å². The predicted molar refractivity (Wildman–Crippen MR) is 86.8 cm³/mol. The zero-order chi connectivity index (χ0) is 16.8. The van der Waals surface area contributed by atoms with Crippen molar-refractivity contribution in [1.82, 2.24) is 10.2 Å². The second kappa shape index (κ2) is 8.06. The lowest BCUT2D eigenvalue weighted by molar-refractivity contribution is -0.576. The maximum absolute atomic E-state index is 12.1.